The van der Waals surface area contributed by atoms with Gasteiger partial charge in [-0.2, -0.15) is 5.10 Å². The van der Waals surface area contributed by atoms with E-state index in [0.29, 0.717) is 17.8 Å². The van der Waals surface area contributed by atoms with Crippen LogP contribution < -0.4 is 10.1 Å². The van der Waals surface area contributed by atoms with Crippen molar-refractivity contribution in [2.75, 3.05) is 7.11 Å². The van der Waals surface area contributed by atoms with Crippen molar-refractivity contribution in [3.05, 3.63) is 82.7 Å². The van der Waals surface area contributed by atoms with Gasteiger partial charge < -0.3 is 10.1 Å². The molecule has 0 saturated carbocycles. The van der Waals surface area contributed by atoms with Crippen LogP contribution >= 0.6 is 0 Å². The molecule has 0 spiro atoms. The molecule has 0 atom stereocenters. The molecular formula is C24H24N4O2. The molecule has 6 heteroatoms. The first-order valence-corrected chi connectivity index (χ1v) is 9.82. The molecule has 4 rings (SSSR count). The Bertz CT molecular complexity index is 1230. The van der Waals surface area contributed by atoms with Gasteiger partial charge in [0.15, 0.2) is 5.65 Å². The summed E-state index contributed by atoms with van der Waals surface area (Å²) < 4.78 is 7.18. The standard InChI is InChI=1S/C24H24N4O2/c1-15-9-11-19(12-10-15)28-23-22(17(3)27-28)20(13-16(2)26-23)24(29)25-14-18-7-5-6-8-21(18)30-4/h5-13H,14H2,1-4H3,(H,25,29). The van der Waals surface area contributed by atoms with E-state index in [1.54, 1.807) is 11.8 Å². The van der Waals surface area contributed by atoms with Gasteiger partial charge in [-0.3, -0.25) is 4.79 Å². The SMILES string of the molecule is COc1ccccc1CNC(=O)c1cc(C)nc2c1c(C)nn2-c1ccc(C)cc1. The number of para-hydroxylation sites is 1. The molecule has 0 aliphatic heterocycles. The van der Waals surface area contributed by atoms with Crippen LogP contribution in [0.15, 0.2) is 54.6 Å². The minimum Gasteiger partial charge on any atom is -0.496 e. The third kappa shape index (κ3) is 3.64. The minimum atomic E-state index is -0.164. The second-order valence-corrected chi connectivity index (χ2v) is 7.34. The van der Waals surface area contributed by atoms with E-state index >= 15 is 0 Å². The Morgan fingerprint density at radius 3 is 2.53 bits per heavy atom. The highest BCUT2D eigenvalue weighted by atomic mass is 16.5. The molecule has 0 unspecified atom stereocenters. The first kappa shape index (κ1) is 19.6. The summed E-state index contributed by atoms with van der Waals surface area (Å²) in [6, 6.07) is 17.5. The second-order valence-electron chi connectivity index (χ2n) is 7.34. The molecule has 6 nitrogen and oxygen atoms in total. The molecule has 30 heavy (non-hydrogen) atoms. The van der Waals surface area contributed by atoms with Crippen molar-refractivity contribution in [1.82, 2.24) is 20.1 Å². The summed E-state index contributed by atoms with van der Waals surface area (Å²) >= 11 is 0. The van der Waals surface area contributed by atoms with E-state index < -0.39 is 0 Å². The molecule has 0 fully saturated rings. The number of hydrogen-bond acceptors (Lipinski definition) is 4. The molecule has 2 aromatic heterocycles. The van der Waals surface area contributed by atoms with Gasteiger partial charge >= 0.3 is 0 Å². The number of nitrogens with zero attached hydrogens (tertiary/aromatic N) is 3. The maximum atomic E-state index is 13.1. The molecule has 2 aromatic carbocycles. The summed E-state index contributed by atoms with van der Waals surface area (Å²) in [5.41, 5.74) is 5.79. The third-order valence-electron chi connectivity index (χ3n) is 5.10. The van der Waals surface area contributed by atoms with Crippen LogP contribution in [0.3, 0.4) is 0 Å². The van der Waals surface area contributed by atoms with E-state index in [9.17, 15) is 4.79 Å². The number of benzene rings is 2. The van der Waals surface area contributed by atoms with Gasteiger partial charge in [-0.05, 0) is 45.0 Å². The average molecular weight is 400 g/mol. The smallest absolute Gasteiger partial charge is 0.252 e. The van der Waals surface area contributed by atoms with Crippen LogP contribution in [-0.2, 0) is 6.54 Å². The zero-order valence-electron chi connectivity index (χ0n) is 17.6. The summed E-state index contributed by atoms with van der Waals surface area (Å²) in [7, 11) is 1.62. The van der Waals surface area contributed by atoms with Crippen LogP contribution in [0, 0.1) is 20.8 Å². The monoisotopic (exact) mass is 400 g/mol. The minimum absolute atomic E-state index is 0.164. The van der Waals surface area contributed by atoms with Crippen molar-refractivity contribution in [2.24, 2.45) is 0 Å². The number of ether oxygens (including phenoxy) is 1. The lowest BCUT2D eigenvalue weighted by Crippen LogP contribution is -2.23. The van der Waals surface area contributed by atoms with E-state index in [2.05, 4.69) is 15.4 Å². The number of carbonyl (C=O) groups is 1. The molecule has 1 amide bonds. The highest BCUT2D eigenvalue weighted by Gasteiger charge is 2.19. The molecular weight excluding hydrogens is 376 g/mol. The Balaban J connectivity index is 1.72. The van der Waals surface area contributed by atoms with Crippen LogP contribution in [0.2, 0.25) is 0 Å². The van der Waals surface area contributed by atoms with Crippen molar-refractivity contribution in [3.8, 4) is 11.4 Å². The normalized spacial score (nSPS) is 10.9. The number of methoxy groups -OCH3 is 1. The number of carbonyl (C=O) groups excluding carboxylic acids is 1. The largest absolute Gasteiger partial charge is 0.496 e. The second kappa shape index (κ2) is 7.99. The van der Waals surface area contributed by atoms with Crippen molar-refractivity contribution < 1.29 is 9.53 Å². The van der Waals surface area contributed by atoms with E-state index in [1.165, 1.54) is 5.56 Å². The number of aromatic nitrogens is 3. The molecule has 0 radical (unpaired) electrons. The fourth-order valence-corrected chi connectivity index (χ4v) is 3.58. The van der Waals surface area contributed by atoms with Crippen molar-refractivity contribution in [2.45, 2.75) is 27.3 Å². The summed E-state index contributed by atoms with van der Waals surface area (Å²) in [4.78, 5) is 17.8. The Labute approximate surface area is 175 Å². The van der Waals surface area contributed by atoms with Gasteiger partial charge in [0.25, 0.3) is 5.91 Å². The van der Waals surface area contributed by atoms with Crippen LogP contribution in [0.5, 0.6) is 5.75 Å². The molecule has 2 heterocycles. The van der Waals surface area contributed by atoms with Gasteiger partial charge in [0.1, 0.15) is 5.75 Å². The predicted molar refractivity (Wildman–Crippen MR) is 117 cm³/mol. The number of nitrogens with one attached hydrogen (secondary N) is 1. The van der Waals surface area contributed by atoms with Crippen molar-refractivity contribution in [1.29, 1.82) is 0 Å². The lowest BCUT2D eigenvalue weighted by atomic mass is 10.1. The Kier molecular flexibility index (Phi) is 5.23. The lowest BCUT2D eigenvalue weighted by molar-refractivity contribution is 0.0952. The molecule has 0 bridgehead atoms. The zero-order valence-corrected chi connectivity index (χ0v) is 17.6. The van der Waals surface area contributed by atoms with Gasteiger partial charge in [0.2, 0.25) is 0 Å². The first-order valence-electron chi connectivity index (χ1n) is 9.82. The number of hydrogen-bond donors (Lipinski definition) is 1. The third-order valence-corrected chi connectivity index (χ3v) is 5.10. The van der Waals surface area contributed by atoms with E-state index in [4.69, 9.17) is 4.74 Å². The quantitative estimate of drug-likeness (QED) is 0.543. The predicted octanol–water partition coefficient (Wildman–Crippen LogP) is 4.28. The number of rotatable bonds is 5. The average Bonchev–Trinajstić information content (AvgIpc) is 3.08. The van der Waals surface area contributed by atoms with Gasteiger partial charge in [0, 0.05) is 17.8 Å². The molecule has 0 saturated heterocycles. The topological polar surface area (TPSA) is 69.0 Å². The van der Waals surface area contributed by atoms with Crippen molar-refractivity contribution in [3.63, 3.8) is 0 Å². The summed E-state index contributed by atoms with van der Waals surface area (Å²) in [6.45, 7) is 6.21. The highest BCUT2D eigenvalue weighted by Crippen LogP contribution is 2.25. The van der Waals surface area contributed by atoms with Gasteiger partial charge in [-0.25, -0.2) is 9.67 Å². The van der Waals surface area contributed by atoms with E-state index in [-0.39, 0.29) is 5.91 Å². The van der Waals surface area contributed by atoms with Gasteiger partial charge in [0.05, 0.1) is 29.4 Å². The van der Waals surface area contributed by atoms with E-state index in [1.807, 2.05) is 75.4 Å². The van der Waals surface area contributed by atoms with Crippen LogP contribution in [0.4, 0.5) is 0 Å². The Morgan fingerprint density at radius 2 is 1.80 bits per heavy atom. The number of amides is 1. The molecule has 152 valence electrons. The molecule has 4 aromatic rings. The van der Waals surface area contributed by atoms with Crippen LogP contribution in [0.1, 0.15) is 32.9 Å². The number of aryl methyl sites for hydroxylation is 3. The Morgan fingerprint density at radius 1 is 1.07 bits per heavy atom. The Hall–Kier alpha value is -3.67. The molecule has 0 aliphatic carbocycles. The number of fused-ring (bicyclic) bond motifs is 1. The van der Waals surface area contributed by atoms with Gasteiger partial charge in [-0.15, -0.1) is 0 Å². The molecule has 0 aliphatic rings. The first-order chi connectivity index (χ1) is 14.5. The fourth-order valence-electron chi connectivity index (χ4n) is 3.58. The van der Waals surface area contributed by atoms with Crippen LogP contribution in [0.25, 0.3) is 16.7 Å². The highest BCUT2D eigenvalue weighted by molar-refractivity contribution is 6.06. The lowest BCUT2D eigenvalue weighted by Gasteiger charge is -2.11. The number of pyridine rings is 1. The fraction of sp³-hybridized carbons (Fsp3) is 0.208. The molecule has 1 N–H and O–H groups in total. The van der Waals surface area contributed by atoms with Gasteiger partial charge in [-0.1, -0.05) is 35.9 Å². The summed E-state index contributed by atoms with van der Waals surface area (Å²) in [5, 5.41) is 8.45. The maximum absolute atomic E-state index is 13.1. The van der Waals surface area contributed by atoms with Crippen LogP contribution in [-0.4, -0.2) is 27.8 Å². The summed E-state index contributed by atoms with van der Waals surface area (Å²) in [5.74, 6) is 0.584. The zero-order chi connectivity index (χ0) is 21.3. The van der Waals surface area contributed by atoms with E-state index in [0.717, 1.165) is 33.8 Å². The van der Waals surface area contributed by atoms with Crippen molar-refractivity contribution >= 4 is 16.9 Å². The maximum Gasteiger partial charge on any atom is 0.252 e. The summed E-state index contributed by atoms with van der Waals surface area (Å²) in [6.07, 6.45) is 0.